The summed E-state index contributed by atoms with van der Waals surface area (Å²) in [6, 6.07) is 11.3. The molecule has 6 heteroatoms. The molecule has 0 spiro atoms. The molecule has 0 bridgehead atoms. The fraction of sp³-hybridized carbons (Fsp3) is 0. The highest BCUT2D eigenvalue weighted by atomic mass is 32.1. The molecule has 0 saturated carbocycles. The van der Waals surface area contributed by atoms with Crippen LogP contribution in [0.3, 0.4) is 0 Å². The third kappa shape index (κ3) is 2.72. The highest BCUT2D eigenvalue weighted by molar-refractivity contribution is 7.08. The maximum Gasteiger partial charge on any atom is 0.256 e. The molecule has 0 aliphatic heterocycles. The second-order valence-electron chi connectivity index (χ2n) is 5.00. The molecule has 1 N–H and O–H groups in total. The summed E-state index contributed by atoms with van der Waals surface area (Å²) in [7, 11) is 0. The maximum absolute atomic E-state index is 12.1. The van der Waals surface area contributed by atoms with E-state index in [1.807, 2.05) is 57.9 Å². The SMILES string of the molecule is O=C(Nc1cccc(-c2cn3cccnc3n2)c1)c1ccsc1. The van der Waals surface area contributed by atoms with E-state index in [1.54, 1.807) is 12.3 Å². The highest BCUT2D eigenvalue weighted by Gasteiger charge is 2.09. The van der Waals surface area contributed by atoms with Gasteiger partial charge in [-0.3, -0.25) is 9.20 Å². The van der Waals surface area contributed by atoms with E-state index in [0.717, 1.165) is 16.9 Å². The van der Waals surface area contributed by atoms with Crippen LogP contribution in [0.1, 0.15) is 10.4 Å². The minimum atomic E-state index is -0.111. The fourth-order valence-electron chi connectivity index (χ4n) is 2.32. The number of carbonyl (C=O) groups is 1. The second-order valence-corrected chi connectivity index (χ2v) is 5.78. The van der Waals surface area contributed by atoms with Gasteiger partial charge in [0.25, 0.3) is 5.91 Å². The van der Waals surface area contributed by atoms with E-state index in [4.69, 9.17) is 0 Å². The van der Waals surface area contributed by atoms with E-state index < -0.39 is 0 Å². The Bertz CT molecular complexity index is 942. The zero-order chi connectivity index (χ0) is 15.6. The molecule has 4 aromatic rings. The van der Waals surface area contributed by atoms with Crippen LogP contribution in [0.15, 0.2) is 65.7 Å². The predicted octanol–water partition coefficient (Wildman–Crippen LogP) is 3.71. The Morgan fingerprint density at radius 1 is 1.22 bits per heavy atom. The van der Waals surface area contributed by atoms with Crippen LogP contribution in [-0.4, -0.2) is 20.3 Å². The first-order valence-corrected chi connectivity index (χ1v) is 7.97. The number of benzene rings is 1. The molecule has 112 valence electrons. The van der Waals surface area contributed by atoms with Crippen molar-refractivity contribution in [2.45, 2.75) is 0 Å². The summed E-state index contributed by atoms with van der Waals surface area (Å²) in [5.74, 6) is 0.537. The monoisotopic (exact) mass is 320 g/mol. The largest absolute Gasteiger partial charge is 0.322 e. The number of aromatic nitrogens is 3. The average molecular weight is 320 g/mol. The topological polar surface area (TPSA) is 59.3 Å². The number of hydrogen-bond acceptors (Lipinski definition) is 4. The quantitative estimate of drug-likeness (QED) is 0.626. The first kappa shape index (κ1) is 13.7. The molecule has 4 rings (SSSR count). The van der Waals surface area contributed by atoms with Crippen molar-refractivity contribution >= 4 is 28.7 Å². The van der Waals surface area contributed by atoms with E-state index in [0.29, 0.717) is 11.3 Å². The van der Waals surface area contributed by atoms with Crippen LogP contribution in [0.2, 0.25) is 0 Å². The van der Waals surface area contributed by atoms with E-state index in [-0.39, 0.29) is 5.91 Å². The number of thiophene rings is 1. The van der Waals surface area contributed by atoms with Crippen LogP contribution in [0.25, 0.3) is 17.0 Å². The van der Waals surface area contributed by atoms with Crippen LogP contribution >= 0.6 is 11.3 Å². The number of anilines is 1. The van der Waals surface area contributed by atoms with Crippen molar-refractivity contribution in [2.75, 3.05) is 5.32 Å². The van der Waals surface area contributed by atoms with E-state index in [9.17, 15) is 4.79 Å². The van der Waals surface area contributed by atoms with Crippen molar-refractivity contribution in [3.05, 3.63) is 71.3 Å². The molecule has 0 atom stereocenters. The van der Waals surface area contributed by atoms with Gasteiger partial charge in [0, 0.05) is 35.2 Å². The smallest absolute Gasteiger partial charge is 0.256 e. The Morgan fingerprint density at radius 2 is 2.17 bits per heavy atom. The van der Waals surface area contributed by atoms with E-state index in [2.05, 4.69) is 15.3 Å². The van der Waals surface area contributed by atoms with Crippen LogP contribution in [0.4, 0.5) is 5.69 Å². The Morgan fingerprint density at radius 3 is 3.00 bits per heavy atom. The standard InChI is InChI=1S/C17H12N4OS/c22-16(13-5-8-23-11-13)19-14-4-1-3-12(9-14)15-10-21-7-2-6-18-17(21)20-15/h1-11H,(H,19,22). The number of imidazole rings is 1. The lowest BCUT2D eigenvalue weighted by atomic mass is 10.1. The van der Waals surface area contributed by atoms with Gasteiger partial charge in [0.2, 0.25) is 5.78 Å². The molecule has 23 heavy (non-hydrogen) atoms. The van der Waals surface area contributed by atoms with Crippen LogP contribution in [0.5, 0.6) is 0 Å². The van der Waals surface area contributed by atoms with Crippen LogP contribution < -0.4 is 5.32 Å². The first-order chi connectivity index (χ1) is 11.3. The molecule has 5 nitrogen and oxygen atoms in total. The second kappa shape index (κ2) is 5.66. The average Bonchev–Trinajstić information content (AvgIpc) is 3.24. The molecule has 0 unspecified atom stereocenters. The van der Waals surface area contributed by atoms with E-state index >= 15 is 0 Å². The van der Waals surface area contributed by atoms with Gasteiger partial charge in [0.15, 0.2) is 0 Å². The number of hydrogen-bond donors (Lipinski definition) is 1. The number of fused-ring (bicyclic) bond motifs is 1. The Hall–Kier alpha value is -2.99. The maximum atomic E-state index is 12.1. The molecule has 1 amide bonds. The van der Waals surface area contributed by atoms with Gasteiger partial charge in [-0.2, -0.15) is 11.3 Å². The Labute approximate surface area is 136 Å². The zero-order valence-electron chi connectivity index (χ0n) is 12.0. The summed E-state index contributed by atoms with van der Waals surface area (Å²) in [6.45, 7) is 0. The molecular weight excluding hydrogens is 308 g/mol. The number of nitrogens with zero attached hydrogens (tertiary/aromatic N) is 3. The van der Waals surface area contributed by atoms with Crippen molar-refractivity contribution in [2.24, 2.45) is 0 Å². The summed E-state index contributed by atoms with van der Waals surface area (Å²) in [5, 5.41) is 6.62. The van der Waals surface area contributed by atoms with Crippen molar-refractivity contribution in [3.63, 3.8) is 0 Å². The minimum Gasteiger partial charge on any atom is -0.322 e. The molecule has 3 heterocycles. The molecule has 0 fully saturated rings. The first-order valence-electron chi connectivity index (χ1n) is 7.03. The van der Waals surface area contributed by atoms with Crippen molar-refractivity contribution < 1.29 is 4.79 Å². The lowest BCUT2D eigenvalue weighted by Gasteiger charge is -2.05. The van der Waals surface area contributed by atoms with Crippen molar-refractivity contribution in [1.29, 1.82) is 0 Å². The summed E-state index contributed by atoms with van der Waals surface area (Å²) < 4.78 is 1.87. The normalized spacial score (nSPS) is 10.8. The Kier molecular flexibility index (Phi) is 3.36. The third-order valence-electron chi connectivity index (χ3n) is 3.44. The molecule has 0 aliphatic rings. The van der Waals surface area contributed by atoms with Crippen molar-refractivity contribution in [1.82, 2.24) is 14.4 Å². The number of rotatable bonds is 3. The van der Waals surface area contributed by atoms with Gasteiger partial charge >= 0.3 is 0 Å². The summed E-state index contributed by atoms with van der Waals surface area (Å²) in [4.78, 5) is 20.8. The lowest BCUT2D eigenvalue weighted by Crippen LogP contribution is -2.10. The molecule has 0 saturated heterocycles. The van der Waals surface area contributed by atoms with Gasteiger partial charge in [-0.15, -0.1) is 0 Å². The summed E-state index contributed by atoms with van der Waals surface area (Å²) in [5.41, 5.74) is 3.15. The number of amides is 1. The summed E-state index contributed by atoms with van der Waals surface area (Å²) >= 11 is 1.50. The van der Waals surface area contributed by atoms with Gasteiger partial charge < -0.3 is 5.32 Å². The molecule has 0 radical (unpaired) electrons. The van der Waals surface area contributed by atoms with Gasteiger partial charge in [-0.1, -0.05) is 12.1 Å². The van der Waals surface area contributed by atoms with Crippen molar-refractivity contribution in [3.8, 4) is 11.3 Å². The predicted molar refractivity (Wildman–Crippen MR) is 90.7 cm³/mol. The molecule has 0 aliphatic carbocycles. The van der Waals surface area contributed by atoms with Gasteiger partial charge in [-0.25, -0.2) is 9.97 Å². The van der Waals surface area contributed by atoms with E-state index in [1.165, 1.54) is 11.3 Å². The number of carbonyl (C=O) groups excluding carboxylic acids is 1. The van der Waals surface area contributed by atoms with Crippen LogP contribution in [-0.2, 0) is 0 Å². The highest BCUT2D eigenvalue weighted by Crippen LogP contribution is 2.22. The minimum absolute atomic E-state index is 0.111. The lowest BCUT2D eigenvalue weighted by molar-refractivity contribution is 0.102. The molecule has 3 aromatic heterocycles. The number of nitrogens with one attached hydrogen (secondary N) is 1. The molecule has 1 aromatic carbocycles. The third-order valence-corrected chi connectivity index (χ3v) is 4.12. The fourth-order valence-corrected chi connectivity index (χ4v) is 2.96. The Balaban J connectivity index is 1.64. The van der Waals surface area contributed by atoms with Gasteiger partial charge in [0.1, 0.15) is 0 Å². The van der Waals surface area contributed by atoms with Gasteiger partial charge in [-0.05, 0) is 29.6 Å². The summed E-state index contributed by atoms with van der Waals surface area (Å²) in [6.07, 6.45) is 5.53. The molecular formula is C17H12N4OS. The van der Waals surface area contributed by atoms with Gasteiger partial charge in [0.05, 0.1) is 11.3 Å². The zero-order valence-corrected chi connectivity index (χ0v) is 12.8. The van der Waals surface area contributed by atoms with Crippen LogP contribution in [0, 0.1) is 0 Å².